The van der Waals surface area contributed by atoms with Crippen molar-refractivity contribution in [3.05, 3.63) is 141 Å². The molecule has 17 nitrogen and oxygen atoms in total. The highest BCUT2D eigenvalue weighted by atomic mass is 32.2. The van der Waals surface area contributed by atoms with Gasteiger partial charge in [-0.2, -0.15) is 10.2 Å². The standard InChI is InChI=1S/C44H45N5O12S/c1-27(50)58-26-37(59-28(2)51)40(60-29(3)52)41(61-30(4)53)38-39(47-46-34-19-23-36(57-6)24-20-34)42(48(5)25-31-13-9-7-10-14-31)62-44(38,32-15-11-8-12-16-32)43(54)45-33-17-21-35(22-18-33)49(55)56/h7-24,37-38,40-41H,25-26H2,1-6H3,(H,45,54)/t37-,38-,40-,41-,44-/m1/s1. The van der Waals surface area contributed by atoms with E-state index >= 15 is 4.79 Å². The number of anilines is 1. The van der Waals surface area contributed by atoms with E-state index < -0.39 is 70.3 Å². The lowest BCUT2D eigenvalue weighted by molar-refractivity contribution is -0.384. The van der Waals surface area contributed by atoms with Crippen molar-refractivity contribution in [1.82, 2.24) is 4.90 Å². The van der Waals surface area contributed by atoms with Gasteiger partial charge in [0, 0.05) is 59.1 Å². The molecule has 0 saturated heterocycles. The van der Waals surface area contributed by atoms with E-state index in [1.54, 1.807) is 61.6 Å². The van der Waals surface area contributed by atoms with Gasteiger partial charge in [0.15, 0.2) is 18.3 Å². The molecule has 18 heteroatoms. The molecule has 1 N–H and O–H groups in total. The molecule has 0 radical (unpaired) electrons. The van der Waals surface area contributed by atoms with Crippen LogP contribution in [0.5, 0.6) is 5.75 Å². The van der Waals surface area contributed by atoms with Crippen LogP contribution in [0.2, 0.25) is 0 Å². The zero-order chi connectivity index (χ0) is 45.0. The molecule has 1 aliphatic heterocycles. The number of azo groups is 1. The van der Waals surface area contributed by atoms with Crippen molar-refractivity contribution in [2.45, 2.75) is 57.3 Å². The molecule has 5 rings (SSSR count). The number of carbonyl (C=O) groups excluding carboxylic acids is 5. The fourth-order valence-electron chi connectivity index (χ4n) is 6.85. The first-order valence-corrected chi connectivity index (χ1v) is 19.9. The summed E-state index contributed by atoms with van der Waals surface area (Å²) in [5.74, 6) is -5.03. The Morgan fingerprint density at radius 1 is 0.790 bits per heavy atom. The zero-order valence-electron chi connectivity index (χ0n) is 34.7. The highest BCUT2D eigenvalue weighted by molar-refractivity contribution is 8.04. The summed E-state index contributed by atoms with van der Waals surface area (Å²) in [6.45, 7) is 4.04. The molecule has 0 saturated carbocycles. The van der Waals surface area contributed by atoms with Crippen molar-refractivity contribution in [1.29, 1.82) is 0 Å². The molecule has 0 aliphatic carbocycles. The van der Waals surface area contributed by atoms with Crippen molar-refractivity contribution in [3.8, 4) is 5.75 Å². The Balaban J connectivity index is 1.87. The molecule has 0 fully saturated rings. The molecule has 1 amide bonds. The van der Waals surface area contributed by atoms with Crippen LogP contribution >= 0.6 is 11.8 Å². The number of benzene rings is 4. The predicted octanol–water partition coefficient (Wildman–Crippen LogP) is 7.24. The normalized spacial score (nSPS) is 17.3. The fourth-order valence-corrected chi connectivity index (χ4v) is 8.42. The second kappa shape index (κ2) is 20.9. The Labute approximate surface area is 361 Å². The Kier molecular flexibility index (Phi) is 15.5. The summed E-state index contributed by atoms with van der Waals surface area (Å²) in [4.78, 5) is 79.7. The number of hydrogen-bond donors (Lipinski definition) is 1. The Morgan fingerprint density at radius 3 is 1.94 bits per heavy atom. The van der Waals surface area contributed by atoms with E-state index in [1.165, 1.54) is 31.4 Å². The van der Waals surface area contributed by atoms with Gasteiger partial charge in [-0.1, -0.05) is 72.4 Å². The smallest absolute Gasteiger partial charge is 0.303 e. The maximum atomic E-state index is 15.6. The zero-order valence-corrected chi connectivity index (χ0v) is 35.5. The molecule has 62 heavy (non-hydrogen) atoms. The van der Waals surface area contributed by atoms with E-state index in [2.05, 4.69) is 10.4 Å². The van der Waals surface area contributed by atoms with Crippen LogP contribution in [0.4, 0.5) is 17.1 Å². The van der Waals surface area contributed by atoms with E-state index in [1.807, 2.05) is 35.2 Å². The van der Waals surface area contributed by atoms with Gasteiger partial charge in [-0.15, -0.1) is 0 Å². The third-order valence-electron chi connectivity index (χ3n) is 9.43. The molecule has 0 unspecified atom stereocenters. The summed E-state index contributed by atoms with van der Waals surface area (Å²) in [5.41, 5.74) is 1.65. The monoisotopic (exact) mass is 867 g/mol. The first-order chi connectivity index (χ1) is 29.6. The van der Waals surface area contributed by atoms with Crippen molar-refractivity contribution >= 4 is 58.6 Å². The highest BCUT2D eigenvalue weighted by Gasteiger charge is 2.63. The Hall–Kier alpha value is -7.08. The average molecular weight is 868 g/mol. The van der Waals surface area contributed by atoms with Crippen molar-refractivity contribution in [2.75, 3.05) is 26.1 Å². The third kappa shape index (κ3) is 11.4. The molecule has 1 heterocycles. The number of esters is 4. The first-order valence-electron chi connectivity index (χ1n) is 19.1. The Morgan fingerprint density at radius 2 is 1.39 bits per heavy atom. The molecule has 0 bridgehead atoms. The molecular weight excluding hydrogens is 823 g/mol. The van der Waals surface area contributed by atoms with Crippen molar-refractivity contribution < 1.29 is 52.6 Å². The summed E-state index contributed by atoms with van der Waals surface area (Å²) < 4.78 is 26.4. The number of nitro benzene ring substituents is 1. The van der Waals surface area contributed by atoms with Crippen LogP contribution in [-0.4, -0.2) is 78.7 Å². The third-order valence-corrected chi connectivity index (χ3v) is 11.1. The number of nitro groups is 1. The number of carbonyl (C=O) groups is 5. The highest BCUT2D eigenvalue weighted by Crippen LogP contribution is 2.60. The minimum absolute atomic E-state index is 0.0874. The van der Waals surface area contributed by atoms with Gasteiger partial charge < -0.3 is 33.9 Å². The van der Waals surface area contributed by atoms with E-state index in [9.17, 15) is 29.3 Å². The maximum absolute atomic E-state index is 15.6. The van der Waals surface area contributed by atoms with Crippen molar-refractivity contribution in [2.24, 2.45) is 16.1 Å². The van der Waals surface area contributed by atoms with Gasteiger partial charge in [-0.25, -0.2) is 0 Å². The number of nitrogens with one attached hydrogen (secondary N) is 1. The van der Waals surface area contributed by atoms with Gasteiger partial charge in [0.25, 0.3) is 5.69 Å². The van der Waals surface area contributed by atoms with Crippen molar-refractivity contribution in [3.63, 3.8) is 0 Å². The molecule has 324 valence electrons. The number of amides is 1. The second-order valence-corrected chi connectivity index (χ2v) is 15.2. The van der Waals surface area contributed by atoms with E-state index in [0.717, 1.165) is 45.0 Å². The summed E-state index contributed by atoms with van der Waals surface area (Å²) in [7, 11) is 3.29. The van der Waals surface area contributed by atoms with Crippen LogP contribution < -0.4 is 10.1 Å². The van der Waals surface area contributed by atoms with Gasteiger partial charge in [0.2, 0.25) is 5.91 Å². The number of non-ortho nitro benzene ring substituents is 1. The number of thioether (sulfide) groups is 1. The summed E-state index contributed by atoms with van der Waals surface area (Å²) in [5, 5.41) is 24.2. The number of ether oxygens (including phenoxy) is 5. The van der Waals surface area contributed by atoms with Crippen LogP contribution in [0.15, 0.2) is 130 Å². The first kappa shape index (κ1) is 46.0. The summed E-state index contributed by atoms with van der Waals surface area (Å²) in [6.07, 6.45) is -5.07. The van der Waals surface area contributed by atoms with Crippen LogP contribution in [0.25, 0.3) is 0 Å². The van der Waals surface area contributed by atoms with Gasteiger partial charge in [0.05, 0.1) is 28.7 Å². The summed E-state index contributed by atoms with van der Waals surface area (Å²) >= 11 is 1.05. The lowest BCUT2D eigenvalue weighted by atomic mass is 9.76. The Bertz CT molecular complexity index is 2310. The van der Waals surface area contributed by atoms with Crippen LogP contribution in [0, 0.1) is 16.0 Å². The van der Waals surface area contributed by atoms with Crippen LogP contribution in [0.1, 0.15) is 38.8 Å². The van der Waals surface area contributed by atoms with Gasteiger partial charge in [0.1, 0.15) is 22.8 Å². The lowest BCUT2D eigenvalue weighted by Gasteiger charge is -2.41. The molecule has 0 spiro atoms. The van der Waals surface area contributed by atoms with E-state index in [-0.39, 0.29) is 23.6 Å². The van der Waals surface area contributed by atoms with Gasteiger partial charge in [-0.05, 0) is 47.5 Å². The number of rotatable bonds is 18. The minimum Gasteiger partial charge on any atom is -0.497 e. The van der Waals surface area contributed by atoms with Crippen LogP contribution in [-0.2, 0) is 54.2 Å². The van der Waals surface area contributed by atoms with E-state index in [0.29, 0.717) is 22.0 Å². The number of nitrogens with zero attached hydrogens (tertiary/aromatic N) is 4. The molecular formula is C44H45N5O12S. The predicted molar refractivity (Wildman–Crippen MR) is 227 cm³/mol. The SMILES string of the molecule is COc1ccc(N=NC2=C(N(C)Cc3ccccc3)S[C@](C(=O)Nc3ccc([N+](=O)[O-])cc3)(c3ccccc3)[C@H]2[C@@H](OC(C)=O)[C@H](OC(C)=O)[C@@H](COC(C)=O)OC(C)=O)cc1. The summed E-state index contributed by atoms with van der Waals surface area (Å²) in [6, 6.07) is 29.8. The molecule has 1 aliphatic rings. The quantitative estimate of drug-likeness (QED) is 0.0343. The number of hydrogen-bond acceptors (Lipinski definition) is 16. The second-order valence-electron chi connectivity index (χ2n) is 14.0. The molecule has 0 aromatic heterocycles. The lowest BCUT2D eigenvalue weighted by Crippen LogP contribution is -2.56. The number of methoxy groups -OCH3 is 1. The maximum Gasteiger partial charge on any atom is 0.303 e. The minimum atomic E-state index is -1.92. The largest absolute Gasteiger partial charge is 0.497 e. The fraction of sp³-hybridized carbons (Fsp3) is 0.295. The van der Waals surface area contributed by atoms with Gasteiger partial charge >= 0.3 is 23.9 Å². The molecule has 4 aromatic carbocycles. The molecule has 5 atom stereocenters. The van der Waals surface area contributed by atoms with E-state index in [4.69, 9.17) is 28.8 Å². The van der Waals surface area contributed by atoms with Gasteiger partial charge in [-0.3, -0.25) is 34.1 Å². The topological polar surface area (TPSA) is 215 Å². The average Bonchev–Trinajstić information content (AvgIpc) is 3.59. The van der Waals surface area contributed by atoms with Crippen LogP contribution in [0.3, 0.4) is 0 Å². The molecule has 4 aromatic rings.